The number of hydrogen-bond acceptors (Lipinski definition) is 4. The summed E-state index contributed by atoms with van der Waals surface area (Å²) in [5, 5.41) is 12.9. The van der Waals surface area contributed by atoms with E-state index in [1.165, 1.54) is 10.4 Å². The summed E-state index contributed by atoms with van der Waals surface area (Å²) in [7, 11) is -3.76. The molecule has 0 amide bonds. The van der Waals surface area contributed by atoms with Crippen LogP contribution in [0, 0.1) is 18.3 Å². The maximum absolute atomic E-state index is 13.3. The highest BCUT2D eigenvalue weighted by Gasteiger charge is 2.36. The van der Waals surface area contributed by atoms with Gasteiger partial charge in [-0.2, -0.15) is 9.57 Å². The van der Waals surface area contributed by atoms with Crippen LogP contribution in [0.2, 0.25) is 5.02 Å². The van der Waals surface area contributed by atoms with Gasteiger partial charge in [0, 0.05) is 24.7 Å². The second kappa shape index (κ2) is 8.38. The van der Waals surface area contributed by atoms with Gasteiger partial charge >= 0.3 is 0 Å². The van der Waals surface area contributed by atoms with Crippen molar-refractivity contribution in [1.82, 2.24) is 9.62 Å². The number of benzene rings is 2. The molecule has 1 aliphatic heterocycles. The Kier molecular flexibility index (Phi) is 6.67. The van der Waals surface area contributed by atoms with Crippen LogP contribution in [0.1, 0.15) is 22.7 Å². The zero-order valence-electron chi connectivity index (χ0n) is 14.1. The topological polar surface area (TPSA) is 73.2 Å². The summed E-state index contributed by atoms with van der Waals surface area (Å²) < 4.78 is 28.1. The SMILES string of the molecule is Cc1ccc(C#N)cc1S(=O)(=O)N1CCNCC1c1ccccc1Cl.Cl. The fraction of sp³-hybridized carbons (Fsp3) is 0.278. The number of halogens is 2. The predicted octanol–water partition coefficient (Wildman–Crippen LogP) is 3.28. The third-order valence-corrected chi connectivity index (χ3v) is 6.76. The van der Waals surface area contributed by atoms with E-state index in [-0.39, 0.29) is 17.3 Å². The second-order valence-electron chi connectivity index (χ2n) is 5.95. The average Bonchev–Trinajstić information content (AvgIpc) is 2.62. The molecule has 3 rings (SSSR count). The first-order valence-corrected chi connectivity index (χ1v) is 9.74. The minimum absolute atomic E-state index is 0. The highest BCUT2D eigenvalue weighted by Crippen LogP contribution is 2.33. The fourth-order valence-corrected chi connectivity index (χ4v) is 5.18. The van der Waals surface area contributed by atoms with Gasteiger partial charge in [0.2, 0.25) is 10.0 Å². The van der Waals surface area contributed by atoms with Gasteiger partial charge in [-0.15, -0.1) is 12.4 Å². The van der Waals surface area contributed by atoms with Gasteiger partial charge in [0.15, 0.2) is 0 Å². The van der Waals surface area contributed by atoms with Gasteiger partial charge in [-0.25, -0.2) is 8.42 Å². The lowest BCUT2D eigenvalue weighted by molar-refractivity contribution is 0.271. The van der Waals surface area contributed by atoms with Crippen molar-refractivity contribution >= 4 is 34.0 Å². The molecule has 1 unspecified atom stereocenters. The molecule has 138 valence electrons. The number of hydrogen-bond donors (Lipinski definition) is 1. The van der Waals surface area contributed by atoms with Crippen LogP contribution in [-0.4, -0.2) is 32.4 Å². The summed E-state index contributed by atoms with van der Waals surface area (Å²) in [4.78, 5) is 0.172. The Balaban J connectivity index is 0.00000243. The monoisotopic (exact) mass is 411 g/mol. The number of nitrogens with one attached hydrogen (secondary N) is 1. The normalized spacial score (nSPS) is 18.0. The summed E-state index contributed by atoms with van der Waals surface area (Å²) in [6.45, 7) is 3.13. The predicted molar refractivity (Wildman–Crippen MR) is 104 cm³/mol. The zero-order chi connectivity index (χ0) is 18.0. The van der Waals surface area contributed by atoms with Gasteiger partial charge in [0.1, 0.15) is 0 Å². The maximum atomic E-state index is 13.3. The van der Waals surface area contributed by atoms with Gasteiger partial charge in [-0.05, 0) is 36.2 Å². The Bertz CT molecular complexity index is 942. The molecule has 0 aliphatic carbocycles. The molecule has 0 bridgehead atoms. The molecule has 0 aromatic heterocycles. The quantitative estimate of drug-likeness (QED) is 0.840. The van der Waals surface area contributed by atoms with E-state index in [0.717, 1.165) is 5.56 Å². The number of nitriles is 1. The van der Waals surface area contributed by atoms with Crippen LogP contribution in [0.25, 0.3) is 0 Å². The molecule has 1 heterocycles. The highest BCUT2D eigenvalue weighted by molar-refractivity contribution is 7.89. The lowest BCUT2D eigenvalue weighted by Crippen LogP contribution is -2.48. The van der Waals surface area contributed by atoms with E-state index in [2.05, 4.69) is 5.32 Å². The van der Waals surface area contributed by atoms with Crippen molar-refractivity contribution in [2.24, 2.45) is 0 Å². The fourth-order valence-electron chi connectivity index (χ4n) is 3.06. The van der Waals surface area contributed by atoms with E-state index in [1.54, 1.807) is 25.1 Å². The Morgan fingerprint density at radius 1 is 1.27 bits per heavy atom. The van der Waals surface area contributed by atoms with Crippen LogP contribution in [0.5, 0.6) is 0 Å². The third-order valence-electron chi connectivity index (χ3n) is 4.36. The van der Waals surface area contributed by atoms with Crippen molar-refractivity contribution in [2.75, 3.05) is 19.6 Å². The molecule has 0 spiro atoms. The van der Waals surface area contributed by atoms with Crippen molar-refractivity contribution < 1.29 is 8.42 Å². The van der Waals surface area contributed by atoms with Crippen LogP contribution >= 0.6 is 24.0 Å². The van der Waals surface area contributed by atoms with Gasteiger partial charge in [0.05, 0.1) is 22.6 Å². The first-order valence-electron chi connectivity index (χ1n) is 7.93. The van der Waals surface area contributed by atoms with Crippen LogP contribution in [0.3, 0.4) is 0 Å². The summed E-state index contributed by atoms with van der Waals surface area (Å²) in [5.41, 5.74) is 1.72. The number of piperazine rings is 1. The molecular formula is C18H19Cl2N3O2S. The van der Waals surface area contributed by atoms with Gasteiger partial charge in [-0.1, -0.05) is 35.9 Å². The van der Waals surface area contributed by atoms with Crippen molar-refractivity contribution in [2.45, 2.75) is 17.9 Å². The molecule has 8 heteroatoms. The minimum Gasteiger partial charge on any atom is -0.313 e. The van der Waals surface area contributed by atoms with E-state index in [1.807, 2.05) is 24.3 Å². The van der Waals surface area contributed by atoms with Crippen molar-refractivity contribution in [1.29, 1.82) is 5.26 Å². The van der Waals surface area contributed by atoms with E-state index >= 15 is 0 Å². The molecule has 2 aromatic carbocycles. The highest BCUT2D eigenvalue weighted by atomic mass is 35.5. The lowest BCUT2D eigenvalue weighted by atomic mass is 10.1. The van der Waals surface area contributed by atoms with E-state index in [9.17, 15) is 8.42 Å². The van der Waals surface area contributed by atoms with E-state index in [4.69, 9.17) is 16.9 Å². The third kappa shape index (κ3) is 3.88. The molecular weight excluding hydrogens is 393 g/mol. The molecule has 1 saturated heterocycles. The van der Waals surface area contributed by atoms with Crippen LogP contribution in [0.4, 0.5) is 0 Å². The molecule has 1 aliphatic rings. The first-order chi connectivity index (χ1) is 11.9. The second-order valence-corrected chi connectivity index (χ2v) is 8.22. The Hall–Kier alpha value is -1.62. The number of rotatable bonds is 3. The van der Waals surface area contributed by atoms with Crippen LogP contribution in [-0.2, 0) is 10.0 Å². The molecule has 0 saturated carbocycles. The van der Waals surface area contributed by atoms with Gasteiger partial charge in [-0.3, -0.25) is 0 Å². The molecule has 1 atom stereocenters. The number of aryl methyl sites for hydroxylation is 1. The van der Waals surface area contributed by atoms with Gasteiger partial charge in [0.25, 0.3) is 0 Å². The summed E-state index contributed by atoms with van der Waals surface area (Å²) in [5.74, 6) is 0. The van der Waals surface area contributed by atoms with Crippen molar-refractivity contribution in [3.63, 3.8) is 0 Å². The summed E-state index contributed by atoms with van der Waals surface area (Å²) in [6, 6.07) is 13.6. The lowest BCUT2D eigenvalue weighted by Gasteiger charge is -2.36. The smallest absolute Gasteiger partial charge is 0.244 e. The molecule has 5 nitrogen and oxygen atoms in total. The molecule has 0 radical (unpaired) electrons. The Labute approximate surface area is 165 Å². The molecule has 2 aromatic rings. The summed E-state index contributed by atoms with van der Waals surface area (Å²) >= 11 is 6.31. The zero-order valence-corrected chi connectivity index (χ0v) is 16.5. The molecule has 26 heavy (non-hydrogen) atoms. The van der Waals surface area contributed by atoms with Crippen LogP contribution < -0.4 is 5.32 Å². The van der Waals surface area contributed by atoms with E-state index < -0.39 is 16.1 Å². The Morgan fingerprint density at radius 2 is 2.00 bits per heavy atom. The minimum atomic E-state index is -3.76. The van der Waals surface area contributed by atoms with Crippen molar-refractivity contribution in [3.8, 4) is 6.07 Å². The standard InChI is InChI=1S/C18H18ClN3O2S.ClH/c1-13-6-7-14(11-20)10-18(13)25(23,24)22-9-8-21-12-17(22)15-4-2-3-5-16(15)19;/h2-7,10,17,21H,8-9,12H2,1H3;1H. The van der Waals surface area contributed by atoms with Gasteiger partial charge < -0.3 is 5.32 Å². The maximum Gasteiger partial charge on any atom is 0.244 e. The number of sulfonamides is 1. The summed E-state index contributed by atoms with van der Waals surface area (Å²) in [6.07, 6.45) is 0. The van der Waals surface area contributed by atoms with Crippen molar-refractivity contribution in [3.05, 3.63) is 64.2 Å². The molecule has 1 N–H and O–H groups in total. The average molecular weight is 412 g/mol. The van der Waals surface area contributed by atoms with Crippen LogP contribution in [0.15, 0.2) is 47.4 Å². The largest absolute Gasteiger partial charge is 0.313 e. The first kappa shape index (κ1) is 20.7. The molecule has 1 fully saturated rings. The Morgan fingerprint density at radius 3 is 2.69 bits per heavy atom. The number of nitrogens with zero attached hydrogens (tertiary/aromatic N) is 2. The van der Waals surface area contributed by atoms with E-state index in [0.29, 0.717) is 35.8 Å².